The molecule has 0 aliphatic rings. The normalized spacial score (nSPS) is 9.61. The van der Waals surface area contributed by atoms with E-state index in [-0.39, 0.29) is 18.8 Å². The SMILES string of the molecule is C=C(C)C(=O)OCCOc1ccc(C(=O)[O-])cc1. The van der Waals surface area contributed by atoms with E-state index >= 15 is 0 Å². The molecule has 0 aliphatic carbocycles. The highest BCUT2D eigenvalue weighted by Gasteiger charge is 2.02. The standard InChI is InChI=1S/C13H14O5/c1-9(2)13(16)18-8-7-17-11-5-3-10(4-6-11)12(14)15/h3-6H,1,7-8H2,2H3,(H,14,15)/p-1. The molecular weight excluding hydrogens is 236 g/mol. The second-order valence-electron chi connectivity index (χ2n) is 3.58. The summed E-state index contributed by atoms with van der Waals surface area (Å²) in [6, 6.07) is 5.77. The van der Waals surface area contributed by atoms with Crippen LogP contribution in [0.25, 0.3) is 0 Å². The molecule has 0 heterocycles. The molecular formula is C13H13O5-. The van der Waals surface area contributed by atoms with Crippen LogP contribution in [0.5, 0.6) is 5.75 Å². The summed E-state index contributed by atoms with van der Waals surface area (Å²) < 4.78 is 10.1. The summed E-state index contributed by atoms with van der Waals surface area (Å²) in [5, 5.41) is 10.5. The number of rotatable bonds is 6. The van der Waals surface area contributed by atoms with E-state index in [0.29, 0.717) is 11.3 Å². The second-order valence-corrected chi connectivity index (χ2v) is 3.58. The van der Waals surface area contributed by atoms with Gasteiger partial charge in [-0.1, -0.05) is 6.58 Å². The maximum atomic E-state index is 11.0. The number of benzene rings is 1. The molecule has 0 aromatic heterocycles. The fourth-order valence-electron chi connectivity index (χ4n) is 1.10. The third-order valence-corrected chi connectivity index (χ3v) is 2.02. The Kier molecular flexibility index (Phi) is 4.92. The van der Waals surface area contributed by atoms with E-state index in [0.717, 1.165) is 0 Å². The van der Waals surface area contributed by atoms with Gasteiger partial charge in [0.15, 0.2) is 0 Å². The van der Waals surface area contributed by atoms with Crippen molar-refractivity contribution >= 4 is 11.9 Å². The van der Waals surface area contributed by atoms with Gasteiger partial charge < -0.3 is 19.4 Å². The number of carbonyl (C=O) groups is 2. The topological polar surface area (TPSA) is 75.7 Å². The molecule has 18 heavy (non-hydrogen) atoms. The molecule has 0 fully saturated rings. The van der Waals surface area contributed by atoms with Crippen molar-refractivity contribution in [1.82, 2.24) is 0 Å². The van der Waals surface area contributed by atoms with Crippen molar-refractivity contribution < 1.29 is 24.2 Å². The number of ether oxygens (including phenoxy) is 2. The maximum Gasteiger partial charge on any atom is 0.333 e. The van der Waals surface area contributed by atoms with Crippen molar-refractivity contribution in [3.8, 4) is 5.75 Å². The third kappa shape index (κ3) is 4.29. The minimum absolute atomic E-state index is 0.0797. The molecule has 1 aromatic rings. The number of hydrogen-bond acceptors (Lipinski definition) is 5. The van der Waals surface area contributed by atoms with Gasteiger partial charge in [-0.25, -0.2) is 4.79 Å². The van der Waals surface area contributed by atoms with Gasteiger partial charge in [-0.3, -0.25) is 0 Å². The highest BCUT2D eigenvalue weighted by molar-refractivity contribution is 5.87. The van der Waals surface area contributed by atoms with Gasteiger partial charge in [0.2, 0.25) is 0 Å². The van der Waals surface area contributed by atoms with Crippen LogP contribution in [-0.2, 0) is 9.53 Å². The van der Waals surface area contributed by atoms with Crippen molar-refractivity contribution in [1.29, 1.82) is 0 Å². The molecule has 0 atom stereocenters. The average molecular weight is 249 g/mol. The first-order chi connectivity index (χ1) is 8.50. The van der Waals surface area contributed by atoms with E-state index in [2.05, 4.69) is 6.58 Å². The van der Waals surface area contributed by atoms with Crippen LogP contribution >= 0.6 is 0 Å². The van der Waals surface area contributed by atoms with E-state index in [1.54, 1.807) is 6.92 Å². The molecule has 0 N–H and O–H groups in total. The summed E-state index contributed by atoms with van der Waals surface area (Å²) in [6.45, 7) is 5.29. The van der Waals surface area contributed by atoms with Crippen LogP contribution in [0.2, 0.25) is 0 Å². The molecule has 96 valence electrons. The lowest BCUT2D eigenvalue weighted by Crippen LogP contribution is -2.21. The quantitative estimate of drug-likeness (QED) is 0.418. The van der Waals surface area contributed by atoms with E-state index < -0.39 is 11.9 Å². The average Bonchev–Trinajstić information content (AvgIpc) is 2.34. The fraction of sp³-hybridized carbons (Fsp3) is 0.231. The van der Waals surface area contributed by atoms with Gasteiger partial charge >= 0.3 is 5.97 Å². The van der Waals surface area contributed by atoms with Crippen LogP contribution in [0.4, 0.5) is 0 Å². The van der Waals surface area contributed by atoms with Crippen LogP contribution in [0.15, 0.2) is 36.4 Å². The summed E-state index contributed by atoms with van der Waals surface area (Å²) in [6.07, 6.45) is 0. The zero-order valence-corrected chi connectivity index (χ0v) is 9.97. The Labute approximate surface area is 105 Å². The first-order valence-corrected chi connectivity index (χ1v) is 5.27. The van der Waals surface area contributed by atoms with Crippen molar-refractivity contribution in [2.45, 2.75) is 6.92 Å². The van der Waals surface area contributed by atoms with E-state index in [1.165, 1.54) is 24.3 Å². The minimum atomic E-state index is -1.24. The van der Waals surface area contributed by atoms with Crippen molar-refractivity contribution in [3.63, 3.8) is 0 Å². The molecule has 0 unspecified atom stereocenters. The van der Waals surface area contributed by atoms with Crippen molar-refractivity contribution in [3.05, 3.63) is 42.0 Å². The molecule has 0 amide bonds. The summed E-state index contributed by atoms with van der Waals surface area (Å²) in [5.74, 6) is -1.21. The zero-order chi connectivity index (χ0) is 13.5. The van der Waals surface area contributed by atoms with Crippen molar-refractivity contribution in [2.24, 2.45) is 0 Å². The van der Waals surface area contributed by atoms with Gasteiger partial charge in [-0.05, 0) is 36.8 Å². The molecule has 0 saturated carbocycles. The first kappa shape index (κ1) is 13.8. The predicted octanol–water partition coefficient (Wildman–Crippen LogP) is 0.548. The number of esters is 1. The molecule has 0 radical (unpaired) electrons. The fourth-order valence-corrected chi connectivity index (χ4v) is 1.10. The van der Waals surface area contributed by atoms with E-state index in [4.69, 9.17) is 9.47 Å². The van der Waals surface area contributed by atoms with Gasteiger partial charge in [-0.15, -0.1) is 0 Å². The molecule has 0 saturated heterocycles. The molecule has 1 aromatic carbocycles. The van der Waals surface area contributed by atoms with Crippen LogP contribution < -0.4 is 9.84 Å². The van der Waals surface area contributed by atoms with Crippen molar-refractivity contribution in [2.75, 3.05) is 13.2 Å². The molecule has 0 aliphatic heterocycles. The minimum Gasteiger partial charge on any atom is -0.545 e. The number of aromatic carboxylic acids is 1. The van der Waals surface area contributed by atoms with Gasteiger partial charge in [0.25, 0.3) is 0 Å². The van der Waals surface area contributed by atoms with Gasteiger partial charge in [-0.2, -0.15) is 0 Å². The molecule has 5 heteroatoms. The predicted molar refractivity (Wildman–Crippen MR) is 62.0 cm³/mol. The maximum absolute atomic E-state index is 11.0. The lowest BCUT2D eigenvalue weighted by Gasteiger charge is -2.08. The molecule has 1 rings (SSSR count). The Balaban J connectivity index is 2.34. The Hall–Kier alpha value is -2.30. The molecule has 0 bridgehead atoms. The second kappa shape index (κ2) is 6.44. The largest absolute Gasteiger partial charge is 0.545 e. The lowest BCUT2D eigenvalue weighted by atomic mass is 10.2. The highest BCUT2D eigenvalue weighted by atomic mass is 16.6. The zero-order valence-electron chi connectivity index (χ0n) is 9.97. The van der Waals surface area contributed by atoms with E-state index in [1.807, 2.05) is 0 Å². The Morgan fingerprint density at radius 3 is 2.33 bits per heavy atom. The number of carboxylic acids is 1. The van der Waals surface area contributed by atoms with Crippen LogP contribution in [0, 0.1) is 0 Å². The smallest absolute Gasteiger partial charge is 0.333 e. The lowest BCUT2D eigenvalue weighted by molar-refractivity contribution is -0.255. The number of hydrogen-bond donors (Lipinski definition) is 0. The van der Waals surface area contributed by atoms with Gasteiger partial charge in [0.1, 0.15) is 19.0 Å². The summed E-state index contributed by atoms with van der Waals surface area (Å²) in [4.78, 5) is 21.5. The monoisotopic (exact) mass is 249 g/mol. The Morgan fingerprint density at radius 1 is 1.22 bits per heavy atom. The van der Waals surface area contributed by atoms with E-state index in [9.17, 15) is 14.7 Å². The third-order valence-electron chi connectivity index (χ3n) is 2.02. The Morgan fingerprint density at radius 2 is 1.83 bits per heavy atom. The molecule has 5 nitrogen and oxygen atoms in total. The Bertz CT molecular complexity index is 447. The summed E-state index contributed by atoms with van der Waals surface area (Å²) >= 11 is 0. The van der Waals surface area contributed by atoms with Crippen LogP contribution in [0.1, 0.15) is 17.3 Å². The van der Waals surface area contributed by atoms with Crippen LogP contribution in [-0.4, -0.2) is 25.2 Å². The number of carboxylic acid groups (broad SMARTS) is 1. The number of carbonyl (C=O) groups excluding carboxylic acids is 2. The van der Waals surface area contributed by atoms with Crippen LogP contribution in [0.3, 0.4) is 0 Å². The summed E-state index contributed by atoms with van der Waals surface area (Å²) in [5.41, 5.74) is 0.407. The summed E-state index contributed by atoms with van der Waals surface area (Å²) in [7, 11) is 0. The van der Waals surface area contributed by atoms with Gasteiger partial charge in [0, 0.05) is 5.57 Å². The molecule has 0 spiro atoms. The first-order valence-electron chi connectivity index (χ1n) is 5.27. The van der Waals surface area contributed by atoms with Gasteiger partial charge in [0.05, 0.1) is 5.97 Å². The highest BCUT2D eigenvalue weighted by Crippen LogP contribution is 2.11.